The van der Waals surface area contributed by atoms with Gasteiger partial charge in [0.1, 0.15) is 0 Å². The molecule has 2 atom stereocenters. The van der Waals surface area contributed by atoms with Crippen LogP contribution in [0.2, 0.25) is 0 Å². The summed E-state index contributed by atoms with van der Waals surface area (Å²) in [5.74, 6) is 0.798. The highest BCUT2D eigenvalue weighted by Crippen LogP contribution is 2.33. The number of rotatable bonds is 4. The van der Waals surface area contributed by atoms with Crippen LogP contribution in [0.4, 0.5) is 0 Å². The Balaban J connectivity index is 1.73. The number of benzene rings is 1. The van der Waals surface area contributed by atoms with Crippen molar-refractivity contribution in [2.45, 2.75) is 25.7 Å². The number of carbonyl (C=O) groups is 2. The van der Waals surface area contributed by atoms with E-state index in [2.05, 4.69) is 17.4 Å². The van der Waals surface area contributed by atoms with E-state index in [0.29, 0.717) is 19.0 Å². The molecule has 4 heteroatoms. The van der Waals surface area contributed by atoms with Gasteiger partial charge in [-0.15, -0.1) is 0 Å². The van der Waals surface area contributed by atoms with Gasteiger partial charge >= 0.3 is 0 Å². The molecular formula is C17H22N2O2. The fraction of sp³-hybridized carbons (Fsp3) is 0.529. The molecule has 112 valence electrons. The lowest BCUT2D eigenvalue weighted by molar-refractivity contribution is -0.128. The fourth-order valence-electron chi connectivity index (χ4n) is 3.06. The van der Waals surface area contributed by atoms with Crippen molar-refractivity contribution in [3.63, 3.8) is 0 Å². The molecule has 1 aliphatic carbocycles. The van der Waals surface area contributed by atoms with Crippen LogP contribution in [0.25, 0.3) is 0 Å². The van der Waals surface area contributed by atoms with Crippen molar-refractivity contribution in [1.82, 2.24) is 10.2 Å². The van der Waals surface area contributed by atoms with Gasteiger partial charge in [-0.3, -0.25) is 9.59 Å². The minimum absolute atomic E-state index is 0.0495. The predicted octanol–water partition coefficient (Wildman–Crippen LogP) is 1.77. The molecule has 0 bridgehead atoms. The Morgan fingerprint density at radius 3 is 2.52 bits per heavy atom. The van der Waals surface area contributed by atoms with Crippen molar-refractivity contribution in [2.75, 3.05) is 19.6 Å². The van der Waals surface area contributed by atoms with Crippen LogP contribution in [0.3, 0.4) is 0 Å². The third kappa shape index (κ3) is 3.26. The van der Waals surface area contributed by atoms with Crippen LogP contribution >= 0.6 is 0 Å². The summed E-state index contributed by atoms with van der Waals surface area (Å²) in [6.45, 7) is 3.54. The molecule has 3 rings (SSSR count). The summed E-state index contributed by atoms with van der Waals surface area (Å²) in [5, 5.41) is 3.07. The third-order valence-electron chi connectivity index (χ3n) is 4.59. The molecular weight excluding hydrogens is 264 g/mol. The minimum atomic E-state index is -0.130. The molecule has 1 heterocycles. The number of likely N-dealkylation sites (tertiary alicyclic amines) is 1. The molecule has 2 fully saturated rings. The van der Waals surface area contributed by atoms with Gasteiger partial charge in [-0.05, 0) is 24.3 Å². The number of hydrogen-bond donors (Lipinski definition) is 1. The van der Waals surface area contributed by atoms with E-state index in [4.69, 9.17) is 0 Å². The molecule has 1 saturated carbocycles. The first kappa shape index (κ1) is 14.1. The minimum Gasteiger partial charge on any atom is -0.356 e. The summed E-state index contributed by atoms with van der Waals surface area (Å²) < 4.78 is 0. The van der Waals surface area contributed by atoms with Crippen LogP contribution in [0, 0.1) is 11.8 Å². The van der Waals surface area contributed by atoms with Crippen molar-refractivity contribution in [1.29, 1.82) is 0 Å². The largest absolute Gasteiger partial charge is 0.356 e. The van der Waals surface area contributed by atoms with Gasteiger partial charge in [0.05, 0.1) is 5.92 Å². The first-order valence-electron chi connectivity index (χ1n) is 7.73. The summed E-state index contributed by atoms with van der Waals surface area (Å²) in [6, 6.07) is 10.1. The summed E-state index contributed by atoms with van der Waals surface area (Å²) >= 11 is 0. The second-order valence-corrected chi connectivity index (χ2v) is 6.24. The van der Waals surface area contributed by atoms with E-state index in [-0.39, 0.29) is 23.7 Å². The van der Waals surface area contributed by atoms with Gasteiger partial charge in [0, 0.05) is 32.5 Å². The van der Waals surface area contributed by atoms with Crippen molar-refractivity contribution in [2.24, 2.45) is 11.8 Å². The van der Waals surface area contributed by atoms with Crippen molar-refractivity contribution in [3.8, 4) is 0 Å². The highest BCUT2D eigenvalue weighted by Gasteiger charge is 2.39. The molecule has 4 nitrogen and oxygen atoms in total. The van der Waals surface area contributed by atoms with Crippen LogP contribution in [0.1, 0.15) is 31.2 Å². The van der Waals surface area contributed by atoms with Gasteiger partial charge in [0.15, 0.2) is 0 Å². The van der Waals surface area contributed by atoms with Crippen LogP contribution in [0.5, 0.6) is 0 Å². The SMILES string of the molecule is CC(=O)N1CC(C(=O)NCC2CC2)C(c2ccccc2)C1. The fourth-order valence-corrected chi connectivity index (χ4v) is 3.06. The Hall–Kier alpha value is -1.84. The zero-order valence-corrected chi connectivity index (χ0v) is 12.4. The zero-order chi connectivity index (χ0) is 14.8. The molecule has 0 spiro atoms. The highest BCUT2D eigenvalue weighted by molar-refractivity contribution is 5.82. The third-order valence-corrected chi connectivity index (χ3v) is 4.59. The molecule has 1 aliphatic heterocycles. The lowest BCUT2D eigenvalue weighted by Gasteiger charge is -2.18. The number of carbonyl (C=O) groups excluding carboxylic acids is 2. The van der Waals surface area contributed by atoms with Crippen molar-refractivity contribution in [3.05, 3.63) is 35.9 Å². The Morgan fingerprint density at radius 1 is 1.19 bits per heavy atom. The predicted molar refractivity (Wildman–Crippen MR) is 80.7 cm³/mol. The maximum absolute atomic E-state index is 12.5. The first-order valence-corrected chi connectivity index (χ1v) is 7.73. The summed E-state index contributed by atoms with van der Waals surface area (Å²) in [4.78, 5) is 25.9. The molecule has 1 saturated heterocycles. The number of amides is 2. The molecule has 0 radical (unpaired) electrons. The van der Waals surface area contributed by atoms with E-state index >= 15 is 0 Å². The second kappa shape index (κ2) is 5.88. The molecule has 1 aromatic carbocycles. The Morgan fingerprint density at radius 2 is 1.90 bits per heavy atom. The molecule has 1 aromatic rings. The van der Waals surface area contributed by atoms with Gasteiger partial charge < -0.3 is 10.2 Å². The molecule has 1 N–H and O–H groups in total. The van der Waals surface area contributed by atoms with Gasteiger partial charge in [-0.1, -0.05) is 30.3 Å². The van der Waals surface area contributed by atoms with Gasteiger partial charge in [0.25, 0.3) is 0 Å². The van der Waals surface area contributed by atoms with Crippen molar-refractivity contribution >= 4 is 11.8 Å². The maximum Gasteiger partial charge on any atom is 0.225 e. The second-order valence-electron chi connectivity index (χ2n) is 6.24. The quantitative estimate of drug-likeness (QED) is 0.917. The van der Waals surface area contributed by atoms with Crippen LogP contribution in [0.15, 0.2) is 30.3 Å². The van der Waals surface area contributed by atoms with Crippen LogP contribution < -0.4 is 5.32 Å². The molecule has 2 amide bonds. The van der Waals surface area contributed by atoms with E-state index in [1.807, 2.05) is 18.2 Å². The van der Waals surface area contributed by atoms with Gasteiger partial charge in [-0.2, -0.15) is 0 Å². The van der Waals surface area contributed by atoms with E-state index in [0.717, 1.165) is 12.1 Å². The maximum atomic E-state index is 12.5. The molecule has 2 aliphatic rings. The topological polar surface area (TPSA) is 49.4 Å². The number of nitrogens with zero attached hydrogens (tertiary/aromatic N) is 1. The number of hydrogen-bond acceptors (Lipinski definition) is 2. The smallest absolute Gasteiger partial charge is 0.225 e. The lowest BCUT2D eigenvalue weighted by Crippen LogP contribution is -2.36. The van der Waals surface area contributed by atoms with Crippen LogP contribution in [-0.2, 0) is 9.59 Å². The summed E-state index contributed by atoms with van der Waals surface area (Å²) in [5.41, 5.74) is 1.15. The Labute approximate surface area is 125 Å². The Bertz CT molecular complexity index is 525. The lowest BCUT2D eigenvalue weighted by atomic mass is 9.88. The van der Waals surface area contributed by atoms with Crippen molar-refractivity contribution < 1.29 is 9.59 Å². The standard InChI is InChI=1S/C17H22N2O2/c1-12(20)19-10-15(14-5-3-2-4-6-14)16(11-19)17(21)18-9-13-7-8-13/h2-6,13,15-16H,7-11H2,1H3,(H,18,21). The van der Waals surface area contributed by atoms with Crippen LogP contribution in [-0.4, -0.2) is 36.3 Å². The van der Waals surface area contributed by atoms with Gasteiger partial charge in [-0.25, -0.2) is 0 Å². The summed E-state index contributed by atoms with van der Waals surface area (Å²) in [6.07, 6.45) is 2.46. The van der Waals surface area contributed by atoms with E-state index in [1.165, 1.54) is 12.8 Å². The van der Waals surface area contributed by atoms with Gasteiger partial charge in [0.2, 0.25) is 11.8 Å². The van der Waals surface area contributed by atoms with E-state index in [1.54, 1.807) is 11.8 Å². The highest BCUT2D eigenvalue weighted by atomic mass is 16.2. The number of nitrogens with one attached hydrogen (secondary N) is 1. The molecule has 21 heavy (non-hydrogen) atoms. The Kier molecular flexibility index (Phi) is 3.95. The normalized spacial score (nSPS) is 24.9. The first-order chi connectivity index (χ1) is 10.1. The zero-order valence-electron chi connectivity index (χ0n) is 12.4. The average Bonchev–Trinajstić information content (AvgIpc) is 3.21. The van der Waals surface area contributed by atoms with E-state index < -0.39 is 0 Å². The monoisotopic (exact) mass is 286 g/mol. The average molecular weight is 286 g/mol. The molecule has 2 unspecified atom stereocenters. The summed E-state index contributed by atoms with van der Waals surface area (Å²) in [7, 11) is 0. The van der Waals surface area contributed by atoms with E-state index in [9.17, 15) is 9.59 Å². The molecule has 0 aromatic heterocycles.